The van der Waals surface area contributed by atoms with Gasteiger partial charge in [0, 0.05) is 19.1 Å². The summed E-state index contributed by atoms with van der Waals surface area (Å²) in [5.74, 6) is 1.65. The summed E-state index contributed by atoms with van der Waals surface area (Å²) in [4.78, 5) is 10.8. The number of rotatable bonds is 2. The summed E-state index contributed by atoms with van der Waals surface area (Å²) in [6, 6.07) is 0.748. The molecule has 1 atom stereocenters. The molecule has 0 radical (unpaired) electrons. The molecular weight excluding hydrogens is 248 g/mol. The fourth-order valence-electron chi connectivity index (χ4n) is 3.08. The third-order valence-electron chi connectivity index (χ3n) is 4.10. The Balaban J connectivity index is 1.57. The average Bonchev–Trinajstić information content (AvgIpc) is 2.94. The van der Waals surface area contributed by atoms with Crippen molar-refractivity contribution >= 4 is 17.5 Å². The third-order valence-corrected chi connectivity index (χ3v) is 4.29. The quantitative estimate of drug-likeness (QED) is 0.890. The molecule has 0 aliphatic carbocycles. The largest absolute Gasteiger partial charge is 0.341 e. The van der Waals surface area contributed by atoms with Crippen molar-refractivity contribution in [3.8, 4) is 0 Å². The van der Waals surface area contributed by atoms with Gasteiger partial charge in [-0.3, -0.25) is 0 Å². The van der Waals surface area contributed by atoms with E-state index in [9.17, 15) is 0 Å². The van der Waals surface area contributed by atoms with Crippen LogP contribution in [-0.4, -0.2) is 35.6 Å². The van der Waals surface area contributed by atoms with Crippen molar-refractivity contribution in [2.24, 2.45) is 5.92 Å². The summed E-state index contributed by atoms with van der Waals surface area (Å²) in [5.41, 5.74) is 0. The van der Waals surface area contributed by atoms with Crippen LogP contribution in [0.2, 0.25) is 5.02 Å². The Morgan fingerprint density at radius 1 is 1.17 bits per heavy atom. The lowest BCUT2D eigenvalue weighted by atomic mass is 9.89. The van der Waals surface area contributed by atoms with Crippen LogP contribution in [0.1, 0.15) is 25.7 Å². The maximum absolute atomic E-state index is 5.81. The molecule has 2 fully saturated rings. The fourth-order valence-corrected chi connectivity index (χ4v) is 3.18. The van der Waals surface area contributed by atoms with E-state index in [1.165, 1.54) is 32.2 Å². The monoisotopic (exact) mass is 266 g/mol. The van der Waals surface area contributed by atoms with Crippen LogP contribution in [0, 0.1) is 5.92 Å². The van der Waals surface area contributed by atoms with Crippen molar-refractivity contribution < 1.29 is 0 Å². The maximum atomic E-state index is 5.81. The van der Waals surface area contributed by atoms with Gasteiger partial charge in [-0.2, -0.15) is 0 Å². The lowest BCUT2D eigenvalue weighted by molar-refractivity contribution is 0.317. The van der Waals surface area contributed by atoms with E-state index < -0.39 is 0 Å². The summed E-state index contributed by atoms with van der Waals surface area (Å²) in [6.07, 6.45) is 8.52. The first-order valence-corrected chi connectivity index (χ1v) is 7.16. The number of piperidine rings is 1. The molecule has 1 aromatic rings. The molecule has 0 amide bonds. The zero-order chi connectivity index (χ0) is 12.4. The molecule has 3 heterocycles. The molecule has 1 aromatic heterocycles. The normalized spacial score (nSPS) is 25.6. The van der Waals surface area contributed by atoms with Crippen LogP contribution in [0.4, 0.5) is 5.95 Å². The molecule has 0 bridgehead atoms. The Labute approximate surface area is 113 Å². The van der Waals surface area contributed by atoms with Crippen molar-refractivity contribution in [3.05, 3.63) is 17.4 Å². The lowest BCUT2D eigenvalue weighted by Crippen LogP contribution is -2.41. The second-order valence-corrected chi connectivity index (χ2v) is 5.67. The number of hydrogen-bond acceptors (Lipinski definition) is 4. The van der Waals surface area contributed by atoms with Crippen molar-refractivity contribution in [2.75, 3.05) is 24.5 Å². The zero-order valence-corrected chi connectivity index (χ0v) is 11.2. The van der Waals surface area contributed by atoms with Gasteiger partial charge >= 0.3 is 0 Å². The van der Waals surface area contributed by atoms with E-state index in [1.54, 1.807) is 12.4 Å². The van der Waals surface area contributed by atoms with E-state index in [4.69, 9.17) is 11.6 Å². The van der Waals surface area contributed by atoms with Gasteiger partial charge in [-0.15, -0.1) is 0 Å². The number of nitrogens with zero attached hydrogens (tertiary/aromatic N) is 3. The van der Waals surface area contributed by atoms with Crippen LogP contribution in [0.5, 0.6) is 0 Å². The molecule has 0 spiro atoms. The van der Waals surface area contributed by atoms with Crippen LogP contribution in [0.3, 0.4) is 0 Å². The summed E-state index contributed by atoms with van der Waals surface area (Å²) >= 11 is 5.81. The third kappa shape index (κ3) is 2.59. The lowest BCUT2D eigenvalue weighted by Gasteiger charge is -2.34. The van der Waals surface area contributed by atoms with Crippen LogP contribution in [0.15, 0.2) is 12.4 Å². The Morgan fingerprint density at radius 2 is 1.89 bits per heavy atom. The van der Waals surface area contributed by atoms with Crippen molar-refractivity contribution in [1.29, 1.82) is 0 Å². The van der Waals surface area contributed by atoms with E-state index >= 15 is 0 Å². The highest BCUT2D eigenvalue weighted by Crippen LogP contribution is 2.27. The van der Waals surface area contributed by atoms with Crippen LogP contribution in [0.25, 0.3) is 0 Å². The molecule has 2 aliphatic heterocycles. The SMILES string of the molecule is Clc1cnc(N2CCC(C3CCCN3)CC2)nc1. The smallest absolute Gasteiger partial charge is 0.225 e. The Bertz CT molecular complexity index is 380. The topological polar surface area (TPSA) is 41.1 Å². The van der Waals surface area contributed by atoms with Crippen molar-refractivity contribution in [1.82, 2.24) is 15.3 Å². The minimum atomic E-state index is 0.601. The number of nitrogens with one attached hydrogen (secondary N) is 1. The first kappa shape index (κ1) is 12.2. The molecule has 5 heteroatoms. The van der Waals surface area contributed by atoms with Gasteiger partial charge in [0.2, 0.25) is 5.95 Å². The molecule has 1 N–H and O–H groups in total. The standard InChI is InChI=1S/C13H19ClN4/c14-11-8-16-13(17-9-11)18-6-3-10(4-7-18)12-2-1-5-15-12/h8-10,12,15H,1-7H2. The predicted octanol–water partition coefficient (Wildman–Crippen LogP) is 2.10. The van der Waals surface area contributed by atoms with Gasteiger partial charge in [-0.05, 0) is 38.1 Å². The molecule has 4 nitrogen and oxygen atoms in total. The fraction of sp³-hybridized carbons (Fsp3) is 0.692. The minimum Gasteiger partial charge on any atom is -0.341 e. The minimum absolute atomic E-state index is 0.601. The second kappa shape index (κ2) is 5.41. The molecule has 2 saturated heterocycles. The number of halogens is 1. The van der Waals surface area contributed by atoms with Gasteiger partial charge in [-0.1, -0.05) is 11.6 Å². The highest BCUT2D eigenvalue weighted by atomic mass is 35.5. The van der Waals surface area contributed by atoms with Crippen molar-refractivity contribution in [3.63, 3.8) is 0 Å². The van der Waals surface area contributed by atoms with E-state index in [1.807, 2.05) is 0 Å². The van der Waals surface area contributed by atoms with E-state index in [0.29, 0.717) is 5.02 Å². The average molecular weight is 267 g/mol. The molecule has 0 aromatic carbocycles. The predicted molar refractivity (Wildman–Crippen MR) is 73.0 cm³/mol. The summed E-state index contributed by atoms with van der Waals surface area (Å²) in [5, 5.41) is 4.22. The number of anilines is 1. The number of aromatic nitrogens is 2. The first-order valence-electron chi connectivity index (χ1n) is 6.79. The Kier molecular flexibility index (Phi) is 3.66. The van der Waals surface area contributed by atoms with Crippen LogP contribution < -0.4 is 10.2 Å². The first-order chi connectivity index (χ1) is 8.83. The maximum Gasteiger partial charge on any atom is 0.225 e. The van der Waals surface area contributed by atoms with E-state index in [2.05, 4.69) is 20.2 Å². The summed E-state index contributed by atoms with van der Waals surface area (Å²) in [6.45, 7) is 3.32. The van der Waals surface area contributed by atoms with Gasteiger partial charge in [-0.25, -0.2) is 9.97 Å². The number of hydrogen-bond donors (Lipinski definition) is 1. The molecular formula is C13H19ClN4. The van der Waals surface area contributed by atoms with Crippen LogP contribution in [-0.2, 0) is 0 Å². The highest BCUT2D eigenvalue weighted by molar-refractivity contribution is 6.30. The molecule has 2 aliphatic rings. The van der Waals surface area contributed by atoms with Gasteiger partial charge < -0.3 is 10.2 Å². The van der Waals surface area contributed by atoms with Gasteiger partial charge in [0.1, 0.15) is 0 Å². The molecule has 1 unspecified atom stereocenters. The molecule has 3 rings (SSSR count). The molecule has 18 heavy (non-hydrogen) atoms. The molecule has 0 saturated carbocycles. The van der Waals surface area contributed by atoms with Crippen molar-refractivity contribution in [2.45, 2.75) is 31.7 Å². The zero-order valence-electron chi connectivity index (χ0n) is 10.5. The molecule has 98 valence electrons. The second-order valence-electron chi connectivity index (χ2n) is 5.23. The summed E-state index contributed by atoms with van der Waals surface area (Å²) < 4.78 is 0. The van der Waals surface area contributed by atoms with Gasteiger partial charge in [0.25, 0.3) is 0 Å². The van der Waals surface area contributed by atoms with Gasteiger partial charge in [0.05, 0.1) is 17.4 Å². The van der Waals surface area contributed by atoms with E-state index in [0.717, 1.165) is 31.0 Å². The Hall–Kier alpha value is -0.870. The van der Waals surface area contributed by atoms with E-state index in [-0.39, 0.29) is 0 Å². The summed E-state index contributed by atoms with van der Waals surface area (Å²) in [7, 11) is 0. The van der Waals surface area contributed by atoms with Gasteiger partial charge in [0.15, 0.2) is 0 Å². The van der Waals surface area contributed by atoms with Crippen LogP contribution >= 0.6 is 11.6 Å². The highest BCUT2D eigenvalue weighted by Gasteiger charge is 2.28. The Morgan fingerprint density at radius 3 is 2.50 bits per heavy atom.